The van der Waals surface area contributed by atoms with Crippen LogP contribution in [-0.4, -0.2) is 107 Å². The highest BCUT2D eigenvalue weighted by Crippen LogP contribution is 2.30. The summed E-state index contributed by atoms with van der Waals surface area (Å²) < 4.78 is 18.3. The van der Waals surface area contributed by atoms with Gasteiger partial charge in [-0.1, -0.05) is 12.1 Å². The summed E-state index contributed by atoms with van der Waals surface area (Å²) in [5.41, 5.74) is -10.6. The Morgan fingerprint density at radius 2 is 0.795 bits per heavy atom. The Hall–Kier alpha value is -5.48. The van der Waals surface area contributed by atoms with Crippen LogP contribution in [0.5, 0.6) is 0 Å². The van der Waals surface area contributed by atoms with Crippen molar-refractivity contribution >= 4 is 47.4 Å². The number of carboxylic acid groups (broad SMARTS) is 2. The number of aliphatic hydroxyl groups is 2. The van der Waals surface area contributed by atoms with E-state index in [1.54, 1.807) is 0 Å². The van der Waals surface area contributed by atoms with Gasteiger partial charge in [-0.05, 0) is 35.4 Å². The van der Waals surface area contributed by atoms with Crippen molar-refractivity contribution in [1.82, 2.24) is 0 Å². The first-order chi connectivity index (χ1) is 20.5. The maximum atomic E-state index is 13.2. The van der Waals surface area contributed by atoms with E-state index in [1.165, 1.54) is 0 Å². The van der Waals surface area contributed by atoms with Gasteiger partial charge < -0.3 is 39.4 Å². The fourth-order valence-corrected chi connectivity index (χ4v) is 4.11. The number of rotatable bonds is 13. The zero-order chi connectivity index (χ0) is 33.6. The maximum Gasteiger partial charge on any atom is 0.347 e. The normalized spacial score (nSPS) is 13.3. The molecule has 0 saturated carbocycles. The zero-order valence-electron chi connectivity index (χ0n) is 23.6. The monoisotopic (exact) mass is 618 g/mol. The number of ketones is 2. The highest BCUT2D eigenvalue weighted by molar-refractivity contribution is 6.22. The lowest BCUT2D eigenvalue weighted by atomic mass is 9.73. The number of hydrogen-bond donors (Lipinski definition) is 4. The summed E-state index contributed by atoms with van der Waals surface area (Å²) in [6.07, 6.45) is -2.34. The second-order valence-electron chi connectivity index (χ2n) is 8.96. The van der Waals surface area contributed by atoms with Crippen LogP contribution in [0.3, 0.4) is 0 Å². The van der Waals surface area contributed by atoms with Crippen LogP contribution in [0.2, 0.25) is 0 Å². The first-order valence-electron chi connectivity index (χ1n) is 12.1. The van der Waals surface area contributed by atoms with Crippen molar-refractivity contribution in [2.24, 2.45) is 0 Å². The van der Waals surface area contributed by atoms with E-state index in [0.717, 1.165) is 64.8 Å². The van der Waals surface area contributed by atoms with Gasteiger partial charge in [-0.15, -0.1) is 0 Å². The van der Waals surface area contributed by atoms with Crippen molar-refractivity contribution in [3.63, 3.8) is 0 Å². The van der Waals surface area contributed by atoms with Gasteiger partial charge in [0, 0.05) is 12.8 Å². The fraction of sp³-hybridized carbons (Fsp3) is 0.286. The SMILES string of the molecule is COC(=O)c1ccc(CC(=O)C(O)(C(=O)O)C(O)(C(=O)O)C(=O)Cc2ccc(C(=O)OC)c(C(=O)OC)c2)cc1C(=O)OC. The molecular weight excluding hydrogens is 592 g/mol. The molecule has 4 N–H and O–H groups in total. The molecule has 0 aliphatic heterocycles. The predicted molar refractivity (Wildman–Crippen MR) is 141 cm³/mol. The van der Waals surface area contributed by atoms with Gasteiger partial charge in [0.2, 0.25) is 0 Å². The van der Waals surface area contributed by atoms with Crippen molar-refractivity contribution in [3.05, 3.63) is 69.8 Å². The number of ether oxygens (including phenoxy) is 4. The molecule has 0 aliphatic rings. The lowest BCUT2D eigenvalue weighted by Gasteiger charge is -2.34. The molecule has 2 rings (SSSR count). The minimum atomic E-state index is -4.31. The Balaban J connectivity index is 2.60. The van der Waals surface area contributed by atoms with Gasteiger partial charge in [0.25, 0.3) is 11.2 Å². The second-order valence-corrected chi connectivity index (χ2v) is 8.96. The molecule has 234 valence electrons. The third-order valence-corrected chi connectivity index (χ3v) is 6.47. The smallest absolute Gasteiger partial charge is 0.347 e. The van der Waals surface area contributed by atoms with Crippen molar-refractivity contribution in [1.29, 1.82) is 0 Å². The average molecular weight is 619 g/mol. The van der Waals surface area contributed by atoms with Crippen LogP contribution in [0.1, 0.15) is 52.6 Å². The van der Waals surface area contributed by atoms with E-state index in [4.69, 9.17) is 0 Å². The molecular formula is C28H26O16. The van der Waals surface area contributed by atoms with E-state index >= 15 is 0 Å². The van der Waals surface area contributed by atoms with Crippen LogP contribution in [0.25, 0.3) is 0 Å². The van der Waals surface area contributed by atoms with Crippen LogP contribution in [0, 0.1) is 0 Å². The van der Waals surface area contributed by atoms with Gasteiger partial charge in [0.15, 0.2) is 11.6 Å². The fourth-order valence-electron chi connectivity index (χ4n) is 4.11. The van der Waals surface area contributed by atoms with E-state index in [9.17, 15) is 58.8 Å². The third kappa shape index (κ3) is 6.30. The molecule has 2 atom stereocenters. The van der Waals surface area contributed by atoms with Crippen LogP contribution in [0.4, 0.5) is 0 Å². The van der Waals surface area contributed by atoms with Crippen molar-refractivity contribution in [2.45, 2.75) is 24.0 Å². The third-order valence-electron chi connectivity index (χ3n) is 6.47. The molecule has 0 aliphatic carbocycles. The number of esters is 4. The number of Topliss-reactive ketones (excluding diaryl/α,β-unsaturated/α-hetero) is 2. The Kier molecular flexibility index (Phi) is 10.8. The largest absolute Gasteiger partial charge is 0.479 e. The average Bonchev–Trinajstić information content (AvgIpc) is 3.01. The topological polar surface area (TPSA) is 254 Å². The van der Waals surface area contributed by atoms with E-state index in [2.05, 4.69) is 18.9 Å². The highest BCUT2D eigenvalue weighted by Gasteiger charge is 2.69. The summed E-state index contributed by atoms with van der Waals surface area (Å²) in [6, 6.07) is 5.89. The number of carboxylic acids is 2. The number of methoxy groups -OCH3 is 4. The van der Waals surface area contributed by atoms with E-state index in [1.807, 2.05) is 0 Å². The van der Waals surface area contributed by atoms with E-state index in [0.29, 0.717) is 0 Å². The molecule has 0 radical (unpaired) electrons. The highest BCUT2D eigenvalue weighted by atomic mass is 16.5. The summed E-state index contributed by atoms with van der Waals surface area (Å²) >= 11 is 0. The zero-order valence-corrected chi connectivity index (χ0v) is 23.6. The Morgan fingerprint density at radius 3 is 1.05 bits per heavy atom. The van der Waals surface area contributed by atoms with Gasteiger partial charge in [-0.3, -0.25) is 9.59 Å². The first-order valence-corrected chi connectivity index (χ1v) is 12.1. The summed E-state index contributed by atoms with van der Waals surface area (Å²) in [4.78, 5) is 99.3. The number of hydrogen-bond acceptors (Lipinski definition) is 14. The lowest BCUT2D eigenvalue weighted by Crippen LogP contribution is -2.72. The molecule has 0 spiro atoms. The maximum absolute atomic E-state index is 13.2. The minimum absolute atomic E-state index is 0.260. The standard InChI is InChI=1S/C28H26O16/c1-41-21(31)15-7-5-13(9-17(15)23(33)43-3)11-19(29)27(39,25(35)36)28(40,26(37)38)20(30)12-14-6-8-16(22(32)42-2)18(10-14)24(34)44-4/h5-10,39-40H,11-12H2,1-4H3,(H,35,36)(H,37,38). The molecule has 0 bridgehead atoms. The number of benzene rings is 2. The van der Waals surface area contributed by atoms with Crippen molar-refractivity contribution in [2.75, 3.05) is 28.4 Å². The minimum Gasteiger partial charge on any atom is -0.479 e. The molecule has 44 heavy (non-hydrogen) atoms. The van der Waals surface area contributed by atoms with Crippen LogP contribution in [-0.2, 0) is 51.0 Å². The molecule has 0 saturated heterocycles. The van der Waals surface area contributed by atoms with Crippen molar-refractivity contribution in [3.8, 4) is 0 Å². The Labute approximate surface area is 247 Å². The summed E-state index contributed by atoms with van der Waals surface area (Å²) in [6.45, 7) is 0. The summed E-state index contributed by atoms with van der Waals surface area (Å²) in [5.74, 6) is -13.1. The van der Waals surface area contributed by atoms with Gasteiger partial charge in [-0.25, -0.2) is 28.8 Å². The number of carbonyl (C=O) groups excluding carboxylic acids is 6. The van der Waals surface area contributed by atoms with Crippen molar-refractivity contribution < 1.29 is 77.7 Å². The van der Waals surface area contributed by atoms with Gasteiger partial charge in [0.1, 0.15) is 0 Å². The molecule has 0 amide bonds. The summed E-state index contributed by atoms with van der Waals surface area (Å²) in [7, 11) is 3.98. The first kappa shape index (κ1) is 34.7. The predicted octanol–water partition coefficient (Wildman–Crippen LogP) is -0.612. The molecule has 16 nitrogen and oxygen atoms in total. The van der Waals surface area contributed by atoms with Crippen LogP contribution < -0.4 is 0 Å². The lowest BCUT2D eigenvalue weighted by molar-refractivity contribution is -0.207. The number of carbonyl (C=O) groups is 8. The van der Waals surface area contributed by atoms with Gasteiger partial charge >= 0.3 is 35.8 Å². The molecule has 0 fully saturated rings. The molecule has 2 unspecified atom stereocenters. The molecule has 16 heteroatoms. The summed E-state index contributed by atoms with van der Waals surface area (Å²) in [5, 5.41) is 41.6. The van der Waals surface area contributed by atoms with Crippen LogP contribution in [0.15, 0.2) is 36.4 Å². The molecule has 2 aromatic rings. The van der Waals surface area contributed by atoms with E-state index < -0.39 is 82.6 Å². The second kappa shape index (κ2) is 13.7. The van der Waals surface area contributed by atoms with E-state index in [-0.39, 0.29) is 22.3 Å². The van der Waals surface area contributed by atoms with Gasteiger partial charge in [-0.2, -0.15) is 0 Å². The Morgan fingerprint density at radius 1 is 0.523 bits per heavy atom. The molecule has 0 aromatic heterocycles. The number of aliphatic carboxylic acids is 2. The van der Waals surface area contributed by atoms with Crippen LogP contribution >= 0.6 is 0 Å². The molecule has 0 heterocycles. The Bertz CT molecular complexity index is 1440. The van der Waals surface area contributed by atoms with Gasteiger partial charge in [0.05, 0.1) is 50.7 Å². The molecule has 2 aromatic carbocycles. The quantitative estimate of drug-likeness (QED) is 0.124.